The van der Waals surface area contributed by atoms with E-state index >= 15 is 0 Å². The Kier molecular flexibility index (Phi) is 3.31. The molecule has 0 radical (unpaired) electrons. The van der Waals surface area contributed by atoms with Gasteiger partial charge < -0.3 is 5.11 Å². The van der Waals surface area contributed by atoms with Crippen molar-refractivity contribution in [3.63, 3.8) is 0 Å². The second-order valence-electron chi connectivity index (χ2n) is 2.28. The maximum atomic E-state index is 12.2. The van der Waals surface area contributed by atoms with Gasteiger partial charge >= 0.3 is 6.18 Å². The third-order valence-corrected chi connectivity index (χ3v) is 3.10. The molecule has 1 aromatic rings. The summed E-state index contributed by atoms with van der Waals surface area (Å²) < 4.78 is 37.2. The molecule has 1 aromatic carbocycles. The Bertz CT molecular complexity index is 335. The van der Waals surface area contributed by atoms with Crippen LogP contribution in [0.4, 0.5) is 13.2 Å². The number of alkyl halides is 3. The fourth-order valence-corrected chi connectivity index (χ4v) is 2.59. The molecule has 1 rings (SSSR count). The predicted octanol–water partition coefficient (Wildman–Crippen LogP) is 3.62. The van der Waals surface area contributed by atoms with Crippen molar-refractivity contribution in [2.75, 3.05) is 0 Å². The molecule has 0 bridgehead atoms. The molecule has 0 aromatic heterocycles. The smallest absolute Gasteiger partial charge is 0.417 e. The Morgan fingerprint density at radius 2 is 1.62 bits per heavy atom. The lowest BCUT2D eigenvalue weighted by molar-refractivity contribution is -0.138. The average Bonchev–Trinajstić information content (AvgIpc) is 1.94. The van der Waals surface area contributed by atoms with Crippen molar-refractivity contribution in [1.82, 2.24) is 0 Å². The molecule has 0 heterocycles. The first kappa shape index (κ1) is 11.3. The van der Waals surface area contributed by atoms with Crippen LogP contribution in [0, 0.1) is 7.14 Å². The Hall–Kier alpha value is 0.270. The van der Waals surface area contributed by atoms with Crippen molar-refractivity contribution in [3.8, 4) is 5.75 Å². The second-order valence-corrected chi connectivity index (χ2v) is 4.61. The lowest BCUT2D eigenvalue weighted by Crippen LogP contribution is -2.07. The summed E-state index contributed by atoms with van der Waals surface area (Å²) in [5.74, 6) is -0.339. The van der Waals surface area contributed by atoms with Gasteiger partial charge in [0.1, 0.15) is 5.75 Å². The van der Waals surface area contributed by atoms with Crippen molar-refractivity contribution in [2.24, 2.45) is 0 Å². The largest absolute Gasteiger partial charge is 0.507 e. The molecule has 0 atom stereocenters. The molecule has 0 aliphatic heterocycles. The second kappa shape index (κ2) is 3.79. The number of rotatable bonds is 0. The van der Waals surface area contributed by atoms with Crippen LogP contribution in [0.2, 0.25) is 0 Å². The van der Waals surface area contributed by atoms with E-state index in [1.54, 1.807) is 45.2 Å². The Balaban J connectivity index is 3.32. The van der Waals surface area contributed by atoms with Crippen LogP contribution < -0.4 is 0 Å². The highest BCUT2D eigenvalue weighted by Crippen LogP contribution is 2.36. The topological polar surface area (TPSA) is 20.2 Å². The van der Waals surface area contributed by atoms with Crippen molar-refractivity contribution in [3.05, 3.63) is 24.8 Å². The minimum atomic E-state index is -4.40. The highest BCUT2D eigenvalue weighted by molar-refractivity contribution is 14.1. The summed E-state index contributed by atoms with van der Waals surface area (Å²) in [5.41, 5.74) is -0.800. The van der Waals surface area contributed by atoms with E-state index in [0.717, 1.165) is 6.07 Å². The van der Waals surface area contributed by atoms with Gasteiger partial charge in [-0.1, -0.05) is 0 Å². The van der Waals surface area contributed by atoms with E-state index in [1.807, 2.05) is 0 Å². The molecule has 0 spiro atoms. The molecule has 0 aliphatic carbocycles. The predicted molar refractivity (Wildman–Crippen MR) is 58.5 cm³/mol. The number of phenols is 1. The first-order chi connectivity index (χ1) is 5.82. The molecule has 72 valence electrons. The van der Waals surface area contributed by atoms with Gasteiger partial charge in [-0.25, -0.2) is 0 Å². The summed E-state index contributed by atoms with van der Waals surface area (Å²) in [7, 11) is 0. The maximum absolute atomic E-state index is 12.2. The lowest BCUT2D eigenvalue weighted by Gasteiger charge is -2.09. The van der Waals surface area contributed by atoms with Crippen molar-refractivity contribution in [1.29, 1.82) is 0 Å². The van der Waals surface area contributed by atoms with Crippen molar-refractivity contribution >= 4 is 45.2 Å². The molecule has 1 nitrogen and oxygen atoms in total. The van der Waals surface area contributed by atoms with Crippen LogP contribution in [0.15, 0.2) is 12.1 Å². The summed E-state index contributed by atoms with van der Waals surface area (Å²) in [5, 5.41) is 9.08. The van der Waals surface area contributed by atoms with E-state index in [4.69, 9.17) is 5.11 Å². The molecule has 0 aliphatic rings. The monoisotopic (exact) mass is 414 g/mol. The lowest BCUT2D eigenvalue weighted by atomic mass is 10.2. The Morgan fingerprint density at radius 3 is 2.08 bits per heavy atom. The highest BCUT2D eigenvalue weighted by Gasteiger charge is 2.33. The first-order valence-electron chi connectivity index (χ1n) is 3.07. The molecule has 0 amide bonds. The third kappa shape index (κ3) is 2.61. The van der Waals surface area contributed by atoms with E-state index in [1.165, 1.54) is 6.07 Å². The minimum Gasteiger partial charge on any atom is -0.507 e. The number of halogens is 5. The van der Waals surface area contributed by atoms with Gasteiger partial charge in [-0.2, -0.15) is 13.2 Å². The van der Waals surface area contributed by atoms with E-state index in [-0.39, 0.29) is 9.32 Å². The summed E-state index contributed by atoms with van der Waals surface area (Å²) in [6.07, 6.45) is -4.40. The molecule has 0 fully saturated rings. The molecular formula is C7H3F3I2O. The van der Waals surface area contributed by atoms with Crippen molar-refractivity contribution < 1.29 is 18.3 Å². The molecule has 0 saturated carbocycles. The van der Waals surface area contributed by atoms with E-state index in [0.29, 0.717) is 3.57 Å². The van der Waals surface area contributed by atoms with Crippen LogP contribution in [0.3, 0.4) is 0 Å². The summed E-state index contributed by atoms with van der Waals surface area (Å²) in [4.78, 5) is 0. The third-order valence-electron chi connectivity index (χ3n) is 1.34. The SMILES string of the molecule is Oc1cc(C(F)(F)F)c(I)cc1I. The van der Waals surface area contributed by atoms with Crippen LogP contribution in [0.25, 0.3) is 0 Å². The van der Waals surface area contributed by atoms with Crippen LogP contribution in [0.5, 0.6) is 5.75 Å². The van der Waals surface area contributed by atoms with Gasteiger partial charge in [-0.15, -0.1) is 0 Å². The van der Waals surface area contributed by atoms with Gasteiger partial charge in [0.2, 0.25) is 0 Å². The van der Waals surface area contributed by atoms with Crippen LogP contribution in [0.1, 0.15) is 5.56 Å². The zero-order valence-electron chi connectivity index (χ0n) is 5.99. The molecule has 1 N–H and O–H groups in total. The fraction of sp³-hybridized carbons (Fsp3) is 0.143. The Labute approximate surface area is 99.6 Å². The summed E-state index contributed by atoms with van der Waals surface area (Å²) >= 11 is 3.36. The number of benzene rings is 1. The molecule has 13 heavy (non-hydrogen) atoms. The van der Waals surface area contributed by atoms with Gasteiger partial charge in [0.25, 0.3) is 0 Å². The van der Waals surface area contributed by atoms with Crippen molar-refractivity contribution in [2.45, 2.75) is 6.18 Å². The summed E-state index contributed by atoms with van der Waals surface area (Å²) in [6.45, 7) is 0. The summed E-state index contributed by atoms with van der Waals surface area (Å²) in [6, 6.07) is 2.03. The molecular weight excluding hydrogens is 411 g/mol. The van der Waals surface area contributed by atoms with Gasteiger partial charge in [0.15, 0.2) is 0 Å². The van der Waals surface area contributed by atoms with Crippen LogP contribution in [-0.2, 0) is 6.18 Å². The van der Waals surface area contributed by atoms with Gasteiger partial charge in [-0.3, -0.25) is 0 Å². The average molecular weight is 414 g/mol. The first-order valence-corrected chi connectivity index (χ1v) is 5.23. The maximum Gasteiger partial charge on any atom is 0.417 e. The minimum absolute atomic E-state index is 0.0901. The number of phenolic OH excluding ortho intramolecular Hbond substituents is 1. The Morgan fingerprint density at radius 1 is 1.08 bits per heavy atom. The quantitative estimate of drug-likeness (QED) is 0.644. The normalized spacial score (nSPS) is 11.8. The zero-order chi connectivity index (χ0) is 10.2. The molecule has 6 heteroatoms. The van der Waals surface area contributed by atoms with Gasteiger partial charge in [0, 0.05) is 3.57 Å². The number of hydrogen-bond acceptors (Lipinski definition) is 1. The van der Waals surface area contributed by atoms with Crippen LogP contribution >= 0.6 is 45.2 Å². The fourth-order valence-electron chi connectivity index (χ4n) is 0.755. The molecule has 0 saturated heterocycles. The van der Waals surface area contributed by atoms with E-state index in [2.05, 4.69) is 0 Å². The van der Waals surface area contributed by atoms with Crippen LogP contribution in [-0.4, -0.2) is 5.11 Å². The van der Waals surface area contributed by atoms with Gasteiger partial charge in [-0.05, 0) is 57.3 Å². The highest BCUT2D eigenvalue weighted by atomic mass is 127. The van der Waals surface area contributed by atoms with Gasteiger partial charge in [0.05, 0.1) is 9.13 Å². The zero-order valence-corrected chi connectivity index (χ0v) is 10.3. The van der Waals surface area contributed by atoms with E-state index < -0.39 is 11.7 Å². The number of aromatic hydroxyl groups is 1. The standard InChI is InChI=1S/C7H3F3I2O/c8-7(9,10)3-1-6(13)5(12)2-4(3)11/h1-2,13H. The number of hydrogen-bond donors (Lipinski definition) is 1. The molecule has 0 unspecified atom stereocenters. The van der Waals surface area contributed by atoms with E-state index in [9.17, 15) is 13.2 Å².